The van der Waals surface area contributed by atoms with Crippen LogP contribution in [0.5, 0.6) is 0 Å². The normalized spacial score (nSPS) is 12.7. The highest BCUT2D eigenvalue weighted by Gasteiger charge is 2.10. The summed E-state index contributed by atoms with van der Waals surface area (Å²) in [5, 5.41) is 0. The summed E-state index contributed by atoms with van der Waals surface area (Å²) in [4.78, 5) is 2.54. The van der Waals surface area contributed by atoms with Crippen molar-refractivity contribution in [1.82, 2.24) is 0 Å². The molecule has 1 aromatic carbocycles. The lowest BCUT2D eigenvalue weighted by atomic mass is 10.1. The minimum atomic E-state index is 0.0145. The predicted molar refractivity (Wildman–Crippen MR) is 74.2 cm³/mol. The molecule has 15 heavy (non-hydrogen) atoms. The Bertz CT molecular complexity index is 447. The molecule has 0 aliphatic rings. The number of hydrogen-bond acceptors (Lipinski definition) is 2. The van der Waals surface area contributed by atoms with Gasteiger partial charge in [0.15, 0.2) is 0 Å². The van der Waals surface area contributed by atoms with Crippen LogP contribution < -0.4 is 5.73 Å². The largest absolute Gasteiger partial charge is 0.320 e. The molecule has 0 radical (unpaired) electrons. The molecule has 78 valence electrons. The summed E-state index contributed by atoms with van der Waals surface area (Å²) in [6, 6.07) is 12.6. The van der Waals surface area contributed by atoms with Gasteiger partial charge in [0.05, 0.1) is 6.04 Å². The van der Waals surface area contributed by atoms with E-state index in [1.165, 1.54) is 18.9 Å². The summed E-state index contributed by atoms with van der Waals surface area (Å²) >= 11 is 4.07. The summed E-state index contributed by atoms with van der Waals surface area (Å²) in [5.74, 6) is 0. The first-order valence-electron chi connectivity index (χ1n) is 4.74. The topological polar surface area (TPSA) is 26.0 Å². The summed E-state index contributed by atoms with van der Waals surface area (Å²) in [5.41, 5.74) is 7.37. The van der Waals surface area contributed by atoms with Gasteiger partial charge < -0.3 is 5.73 Å². The van der Waals surface area contributed by atoms with E-state index >= 15 is 0 Å². The van der Waals surface area contributed by atoms with Crippen molar-refractivity contribution in [2.24, 2.45) is 5.73 Å². The fraction of sp³-hybridized carbons (Fsp3) is 0.167. The second-order valence-electron chi connectivity index (χ2n) is 3.48. The standard InChI is InChI=1S/C12H12INS/c1-8-2-7-11(15-8)12(14)9-3-5-10(13)6-4-9/h2-7,12H,14H2,1H3. The van der Waals surface area contributed by atoms with Gasteiger partial charge in [-0.2, -0.15) is 0 Å². The molecule has 2 aromatic rings. The van der Waals surface area contributed by atoms with E-state index in [9.17, 15) is 0 Å². The van der Waals surface area contributed by atoms with Crippen molar-refractivity contribution in [2.45, 2.75) is 13.0 Å². The van der Waals surface area contributed by atoms with Crippen LogP contribution in [0.15, 0.2) is 36.4 Å². The molecule has 1 nitrogen and oxygen atoms in total. The fourth-order valence-corrected chi connectivity index (χ4v) is 2.72. The molecule has 1 aromatic heterocycles. The van der Waals surface area contributed by atoms with Gasteiger partial charge in [-0.3, -0.25) is 0 Å². The maximum atomic E-state index is 6.19. The van der Waals surface area contributed by atoms with E-state index in [0.717, 1.165) is 0 Å². The highest BCUT2D eigenvalue weighted by molar-refractivity contribution is 14.1. The third-order valence-corrected chi connectivity index (χ3v) is 4.10. The summed E-state index contributed by atoms with van der Waals surface area (Å²) in [6.07, 6.45) is 0. The van der Waals surface area contributed by atoms with E-state index in [4.69, 9.17) is 5.73 Å². The number of nitrogens with two attached hydrogens (primary N) is 1. The number of hydrogen-bond donors (Lipinski definition) is 1. The van der Waals surface area contributed by atoms with Crippen LogP contribution in [0.3, 0.4) is 0 Å². The van der Waals surface area contributed by atoms with Crippen molar-refractivity contribution in [3.05, 3.63) is 55.3 Å². The van der Waals surface area contributed by atoms with Gasteiger partial charge >= 0.3 is 0 Å². The molecule has 1 atom stereocenters. The molecule has 1 unspecified atom stereocenters. The van der Waals surface area contributed by atoms with Gasteiger partial charge in [0.25, 0.3) is 0 Å². The van der Waals surface area contributed by atoms with Gasteiger partial charge in [0.2, 0.25) is 0 Å². The molecule has 0 spiro atoms. The average Bonchev–Trinajstić information content (AvgIpc) is 2.65. The zero-order valence-corrected chi connectivity index (χ0v) is 11.4. The molecular weight excluding hydrogens is 317 g/mol. The van der Waals surface area contributed by atoms with Crippen LogP contribution in [-0.2, 0) is 0 Å². The van der Waals surface area contributed by atoms with Crippen LogP contribution >= 0.6 is 33.9 Å². The first-order chi connectivity index (χ1) is 7.16. The summed E-state index contributed by atoms with van der Waals surface area (Å²) in [7, 11) is 0. The van der Waals surface area contributed by atoms with Crippen molar-refractivity contribution < 1.29 is 0 Å². The van der Waals surface area contributed by atoms with E-state index in [1.807, 2.05) is 0 Å². The van der Waals surface area contributed by atoms with Crippen molar-refractivity contribution in [3.8, 4) is 0 Å². The molecule has 0 saturated carbocycles. The van der Waals surface area contributed by atoms with Gasteiger partial charge in [0.1, 0.15) is 0 Å². The second-order valence-corrected chi connectivity index (χ2v) is 6.04. The lowest BCUT2D eigenvalue weighted by Crippen LogP contribution is -2.09. The van der Waals surface area contributed by atoms with E-state index in [1.54, 1.807) is 11.3 Å². The molecule has 1 heterocycles. The zero-order chi connectivity index (χ0) is 10.8. The van der Waals surface area contributed by atoms with E-state index in [0.29, 0.717) is 0 Å². The van der Waals surface area contributed by atoms with Gasteiger partial charge in [-0.15, -0.1) is 11.3 Å². The van der Waals surface area contributed by atoms with Crippen molar-refractivity contribution in [2.75, 3.05) is 0 Å². The molecule has 3 heteroatoms. The van der Waals surface area contributed by atoms with Crippen LogP contribution in [0.1, 0.15) is 21.4 Å². The highest BCUT2D eigenvalue weighted by atomic mass is 127. The Kier molecular flexibility index (Phi) is 3.43. The van der Waals surface area contributed by atoms with E-state index < -0.39 is 0 Å². The van der Waals surface area contributed by atoms with Crippen LogP contribution in [-0.4, -0.2) is 0 Å². The Balaban J connectivity index is 2.28. The SMILES string of the molecule is Cc1ccc(C(N)c2ccc(I)cc2)s1. The first-order valence-corrected chi connectivity index (χ1v) is 6.64. The van der Waals surface area contributed by atoms with Gasteiger partial charge in [-0.25, -0.2) is 0 Å². The Morgan fingerprint density at radius 2 is 1.80 bits per heavy atom. The van der Waals surface area contributed by atoms with Crippen molar-refractivity contribution in [3.63, 3.8) is 0 Å². The van der Waals surface area contributed by atoms with Gasteiger partial charge in [-0.1, -0.05) is 12.1 Å². The molecular formula is C12H12INS. The Hall–Kier alpha value is -0.390. The van der Waals surface area contributed by atoms with Crippen LogP contribution in [0.4, 0.5) is 0 Å². The number of aryl methyl sites for hydroxylation is 1. The average molecular weight is 329 g/mol. The minimum absolute atomic E-state index is 0.0145. The smallest absolute Gasteiger partial charge is 0.0646 e. The second kappa shape index (κ2) is 4.63. The monoisotopic (exact) mass is 329 g/mol. The lowest BCUT2D eigenvalue weighted by Gasteiger charge is -2.09. The van der Waals surface area contributed by atoms with Crippen molar-refractivity contribution in [1.29, 1.82) is 0 Å². The van der Waals surface area contributed by atoms with Crippen LogP contribution in [0.25, 0.3) is 0 Å². The minimum Gasteiger partial charge on any atom is -0.320 e. The Morgan fingerprint density at radius 3 is 2.33 bits per heavy atom. The van der Waals surface area contributed by atoms with E-state index in [-0.39, 0.29) is 6.04 Å². The molecule has 0 saturated heterocycles. The maximum Gasteiger partial charge on any atom is 0.0646 e. The highest BCUT2D eigenvalue weighted by Crippen LogP contribution is 2.26. The van der Waals surface area contributed by atoms with E-state index in [2.05, 4.69) is 65.9 Å². The number of rotatable bonds is 2. The molecule has 0 bridgehead atoms. The summed E-state index contributed by atoms with van der Waals surface area (Å²) < 4.78 is 1.24. The zero-order valence-electron chi connectivity index (χ0n) is 8.41. The molecule has 0 aliphatic carbocycles. The predicted octanol–water partition coefficient (Wildman–Crippen LogP) is 3.71. The third-order valence-electron chi connectivity index (χ3n) is 2.30. The van der Waals surface area contributed by atoms with Crippen molar-refractivity contribution >= 4 is 33.9 Å². The third kappa shape index (κ3) is 2.59. The van der Waals surface area contributed by atoms with Crippen LogP contribution in [0, 0.1) is 10.5 Å². The number of thiophene rings is 1. The first kappa shape index (κ1) is 11.1. The number of halogens is 1. The molecule has 0 aliphatic heterocycles. The Morgan fingerprint density at radius 1 is 1.13 bits per heavy atom. The Labute approximate surface area is 107 Å². The lowest BCUT2D eigenvalue weighted by molar-refractivity contribution is 0.893. The quantitative estimate of drug-likeness (QED) is 0.835. The molecule has 2 N–H and O–H groups in total. The maximum absolute atomic E-state index is 6.19. The molecule has 0 fully saturated rings. The molecule has 2 rings (SSSR count). The number of benzene rings is 1. The van der Waals surface area contributed by atoms with Crippen LogP contribution in [0.2, 0.25) is 0 Å². The van der Waals surface area contributed by atoms with Gasteiger partial charge in [-0.05, 0) is 59.3 Å². The van der Waals surface area contributed by atoms with Gasteiger partial charge in [0, 0.05) is 13.3 Å². The molecule has 0 amide bonds. The summed E-state index contributed by atoms with van der Waals surface area (Å²) in [6.45, 7) is 2.11. The fourth-order valence-electron chi connectivity index (χ4n) is 1.45.